The molecule has 0 aliphatic carbocycles. The molecule has 0 amide bonds. The second-order valence-corrected chi connectivity index (χ2v) is 8.59. The van der Waals surface area contributed by atoms with Crippen LogP contribution >= 0.6 is 0 Å². The van der Waals surface area contributed by atoms with Crippen LogP contribution in [0.15, 0.2) is 64.3 Å². The summed E-state index contributed by atoms with van der Waals surface area (Å²) in [5.41, 5.74) is 3.01. The van der Waals surface area contributed by atoms with E-state index in [9.17, 15) is 9.59 Å². The summed E-state index contributed by atoms with van der Waals surface area (Å²) in [5, 5.41) is 0. The van der Waals surface area contributed by atoms with E-state index in [1.807, 2.05) is 68.6 Å². The van der Waals surface area contributed by atoms with Gasteiger partial charge >= 0.3 is 5.69 Å². The van der Waals surface area contributed by atoms with Crippen molar-refractivity contribution in [1.29, 1.82) is 0 Å². The first-order chi connectivity index (χ1) is 17.4. The van der Waals surface area contributed by atoms with Crippen LogP contribution in [-0.4, -0.2) is 36.3 Å². The van der Waals surface area contributed by atoms with Gasteiger partial charge in [-0.3, -0.25) is 18.3 Å². The van der Waals surface area contributed by atoms with E-state index in [1.54, 1.807) is 11.4 Å². The summed E-state index contributed by atoms with van der Waals surface area (Å²) in [7, 11) is 3.12. The molecule has 0 bridgehead atoms. The number of fused-ring (bicyclic) bond motifs is 3. The standard InChI is InChI=1S/C27H29N5O4/c1-5-35-21-13-12-18(16-22(21)36-6-2)14-15-31-20(19-10-8-7-9-11-19)17-32-23-24(28-26(31)32)29(3)27(34)30(4)25(23)33/h7-13,16-17H,5-6,14-15H2,1-4H3. The first-order valence-electron chi connectivity index (χ1n) is 12.1. The fraction of sp³-hybridized carbons (Fsp3) is 0.296. The molecule has 5 rings (SSSR count). The van der Waals surface area contributed by atoms with Crippen molar-refractivity contribution in [2.75, 3.05) is 13.2 Å². The molecule has 3 aromatic heterocycles. The highest BCUT2D eigenvalue weighted by atomic mass is 16.5. The van der Waals surface area contributed by atoms with E-state index in [0.29, 0.717) is 43.1 Å². The van der Waals surface area contributed by atoms with Gasteiger partial charge in [0.05, 0.1) is 18.9 Å². The maximum atomic E-state index is 13.1. The van der Waals surface area contributed by atoms with Crippen molar-refractivity contribution in [3.05, 3.63) is 81.1 Å². The maximum Gasteiger partial charge on any atom is 0.332 e. The van der Waals surface area contributed by atoms with Gasteiger partial charge in [-0.15, -0.1) is 0 Å². The number of hydrogen-bond donors (Lipinski definition) is 0. The van der Waals surface area contributed by atoms with Crippen molar-refractivity contribution < 1.29 is 9.47 Å². The smallest absolute Gasteiger partial charge is 0.332 e. The van der Waals surface area contributed by atoms with Gasteiger partial charge in [0.1, 0.15) is 0 Å². The number of nitrogens with zero attached hydrogens (tertiary/aromatic N) is 5. The van der Waals surface area contributed by atoms with Gasteiger partial charge in [0.25, 0.3) is 5.56 Å². The van der Waals surface area contributed by atoms with Crippen LogP contribution < -0.4 is 20.7 Å². The predicted octanol–water partition coefficient (Wildman–Crippen LogP) is 3.39. The van der Waals surface area contributed by atoms with Gasteiger partial charge < -0.3 is 14.0 Å². The zero-order valence-corrected chi connectivity index (χ0v) is 20.9. The lowest BCUT2D eigenvalue weighted by Crippen LogP contribution is -2.37. The van der Waals surface area contributed by atoms with Crippen LogP contribution in [-0.2, 0) is 27.1 Å². The van der Waals surface area contributed by atoms with E-state index >= 15 is 0 Å². The number of rotatable bonds is 8. The monoisotopic (exact) mass is 487 g/mol. The minimum atomic E-state index is -0.402. The lowest BCUT2D eigenvalue weighted by molar-refractivity contribution is 0.287. The third kappa shape index (κ3) is 3.86. The van der Waals surface area contributed by atoms with E-state index in [-0.39, 0.29) is 5.56 Å². The maximum absolute atomic E-state index is 13.1. The quantitative estimate of drug-likeness (QED) is 0.335. The largest absolute Gasteiger partial charge is 0.490 e. The molecule has 0 spiro atoms. The summed E-state index contributed by atoms with van der Waals surface area (Å²) in [6, 6.07) is 16.0. The molecule has 2 aromatic carbocycles. The van der Waals surface area contributed by atoms with Gasteiger partial charge in [-0.25, -0.2) is 4.79 Å². The van der Waals surface area contributed by atoms with Crippen LogP contribution in [0, 0.1) is 0 Å². The molecule has 9 heteroatoms. The van der Waals surface area contributed by atoms with E-state index in [0.717, 1.165) is 32.9 Å². The highest BCUT2D eigenvalue weighted by molar-refractivity contribution is 5.78. The van der Waals surface area contributed by atoms with Crippen molar-refractivity contribution in [1.82, 2.24) is 23.1 Å². The Balaban J connectivity index is 1.64. The van der Waals surface area contributed by atoms with Gasteiger partial charge in [0.2, 0.25) is 5.78 Å². The number of aryl methyl sites for hydroxylation is 3. The Morgan fingerprint density at radius 2 is 1.61 bits per heavy atom. The van der Waals surface area contributed by atoms with E-state index in [1.165, 1.54) is 11.6 Å². The molecule has 0 fully saturated rings. The molecule has 0 atom stereocenters. The van der Waals surface area contributed by atoms with E-state index in [4.69, 9.17) is 14.5 Å². The van der Waals surface area contributed by atoms with Crippen molar-refractivity contribution in [3.8, 4) is 22.8 Å². The molecule has 0 unspecified atom stereocenters. The predicted molar refractivity (Wildman–Crippen MR) is 139 cm³/mol. The van der Waals surface area contributed by atoms with E-state index in [2.05, 4.69) is 4.57 Å². The van der Waals surface area contributed by atoms with Crippen LogP contribution in [0.5, 0.6) is 11.5 Å². The normalized spacial score (nSPS) is 11.4. The minimum absolute atomic E-state index is 0.367. The van der Waals surface area contributed by atoms with Gasteiger partial charge in [0, 0.05) is 26.8 Å². The Morgan fingerprint density at radius 1 is 0.889 bits per heavy atom. The Labute approximate surface area is 207 Å². The van der Waals surface area contributed by atoms with Gasteiger partial charge in [0.15, 0.2) is 22.7 Å². The van der Waals surface area contributed by atoms with Gasteiger partial charge in [-0.05, 0) is 43.5 Å². The number of ether oxygens (including phenoxy) is 2. The fourth-order valence-corrected chi connectivity index (χ4v) is 4.57. The molecule has 0 N–H and O–H groups in total. The van der Waals surface area contributed by atoms with Crippen LogP contribution in [0.4, 0.5) is 0 Å². The Bertz CT molecular complexity index is 1670. The van der Waals surface area contributed by atoms with Gasteiger partial charge in [-0.1, -0.05) is 36.4 Å². The molecule has 0 radical (unpaired) electrons. The second kappa shape index (κ2) is 9.41. The lowest BCUT2D eigenvalue weighted by atomic mass is 10.1. The third-order valence-corrected chi connectivity index (χ3v) is 6.36. The van der Waals surface area contributed by atoms with Crippen molar-refractivity contribution in [2.45, 2.75) is 26.8 Å². The number of benzene rings is 2. The second-order valence-electron chi connectivity index (χ2n) is 8.59. The topological polar surface area (TPSA) is 84.7 Å². The number of aromatic nitrogens is 5. The third-order valence-electron chi connectivity index (χ3n) is 6.36. The zero-order valence-electron chi connectivity index (χ0n) is 20.9. The van der Waals surface area contributed by atoms with Crippen molar-refractivity contribution in [2.24, 2.45) is 14.1 Å². The molecular weight excluding hydrogens is 458 g/mol. The fourth-order valence-electron chi connectivity index (χ4n) is 4.57. The molecule has 0 saturated heterocycles. The number of hydrogen-bond acceptors (Lipinski definition) is 5. The summed E-state index contributed by atoms with van der Waals surface area (Å²) in [5.74, 6) is 2.06. The lowest BCUT2D eigenvalue weighted by Gasteiger charge is -2.13. The minimum Gasteiger partial charge on any atom is -0.490 e. The highest BCUT2D eigenvalue weighted by Gasteiger charge is 2.21. The molecule has 0 saturated carbocycles. The average molecular weight is 488 g/mol. The summed E-state index contributed by atoms with van der Waals surface area (Å²) >= 11 is 0. The van der Waals surface area contributed by atoms with Crippen LogP contribution in [0.1, 0.15) is 19.4 Å². The molecule has 36 heavy (non-hydrogen) atoms. The van der Waals surface area contributed by atoms with Gasteiger partial charge in [-0.2, -0.15) is 4.98 Å². The SMILES string of the molecule is CCOc1ccc(CCn2c(-c3ccccc3)cn3c4c(=O)n(C)c(=O)n(C)c4nc23)cc1OCC. The number of imidazole rings is 2. The molecule has 0 aliphatic heterocycles. The van der Waals surface area contributed by atoms with Crippen LogP contribution in [0.2, 0.25) is 0 Å². The Kier molecular flexibility index (Phi) is 6.13. The van der Waals surface area contributed by atoms with Crippen LogP contribution in [0.3, 0.4) is 0 Å². The summed E-state index contributed by atoms with van der Waals surface area (Å²) in [4.78, 5) is 30.3. The average Bonchev–Trinajstić information content (AvgIpc) is 3.43. The van der Waals surface area contributed by atoms with E-state index < -0.39 is 5.69 Å². The summed E-state index contributed by atoms with van der Waals surface area (Å²) in [6.07, 6.45) is 2.63. The molecular formula is C27H29N5O4. The molecule has 0 aliphatic rings. The Hall–Kier alpha value is -4.27. The molecule has 186 valence electrons. The van der Waals surface area contributed by atoms with Crippen molar-refractivity contribution in [3.63, 3.8) is 0 Å². The van der Waals surface area contributed by atoms with Crippen LogP contribution in [0.25, 0.3) is 28.2 Å². The molecule has 5 aromatic rings. The molecule has 9 nitrogen and oxygen atoms in total. The first-order valence-corrected chi connectivity index (χ1v) is 12.1. The Morgan fingerprint density at radius 3 is 2.33 bits per heavy atom. The van der Waals surface area contributed by atoms with Crippen molar-refractivity contribution >= 4 is 16.9 Å². The summed E-state index contributed by atoms with van der Waals surface area (Å²) < 4.78 is 17.9. The molecule has 3 heterocycles. The highest BCUT2D eigenvalue weighted by Crippen LogP contribution is 2.30. The first kappa shape index (κ1) is 23.5. The summed E-state index contributed by atoms with van der Waals surface area (Å²) in [6.45, 7) is 5.62. The zero-order chi connectivity index (χ0) is 25.4.